The van der Waals surface area contributed by atoms with E-state index in [1.165, 1.54) is 5.56 Å². The van der Waals surface area contributed by atoms with Gasteiger partial charge in [-0.3, -0.25) is 4.79 Å². The van der Waals surface area contributed by atoms with Gasteiger partial charge >= 0.3 is 0 Å². The van der Waals surface area contributed by atoms with Gasteiger partial charge < -0.3 is 8.80 Å². The number of rotatable bonds is 1. The van der Waals surface area contributed by atoms with Crippen LogP contribution in [0, 0.1) is 6.92 Å². The molecule has 0 amide bonds. The van der Waals surface area contributed by atoms with Crippen molar-refractivity contribution in [3.05, 3.63) is 48.0 Å². The molecule has 74 valence electrons. The van der Waals surface area contributed by atoms with Crippen molar-refractivity contribution in [1.29, 1.82) is 0 Å². The zero-order chi connectivity index (χ0) is 10.4. The molecule has 0 bridgehead atoms. The topological polar surface area (TPSA) is 25.9 Å². The number of carbonyl (C=O) groups is 1. The maximum Gasteiger partial charge on any atom is 0.166 e. The van der Waals surface area contributed by atoms with E-state index in [-0.39, 0.29) is 0 Å². The highest BCUT2D eigenvalue weighted by Gasteiger charge is 2.04. The summed E-state index contributed by atoms with van der Waals surface area (Å²) in [5.41, 5.74) is 4.10. The first kappa shape index (κ1) is 8.29. The van der Waals surface area contributed by atoms with Gasteiger partial charge in [0, 0.05) is 18.6 Å². The minimum atomic E-state index is 0.686. The molecule has 3 aromatic rings. The molecular weight excluding hydrogens is 188 g/mol. The second-order valence-electron chi connectivity index (χ2n) is 3.74. The van der Waals surface area contributed by atoms with Gasteiger partial charge in [-0.1, -0.05) is 0 Å². The molecule has 0 atom stereocenters. The van der Waals surface area contributed by atoms with E-state index in [2.05, 4.69) is 23.6 Å². The smallest absolute Gasteiger partial charge is 0.166 e. The van der Waals surface area contributed by atoms with Crippen LogP contribution in [0.25, 0.3) is 11.0 Å². The highest BCUT2D eigenvalue weighted by molar-refractivity contribution is 5.83. The van der Waals surface area contributed by atoms with Crippen LogP contribution in [0.4, 0.5) is 0 Å². The van der Waals surface area contributed by atoms with Gasteiger partial charge in [-0.15, -0.1) is 0 Å². The molecule has 0 saturated carbocycles. The number of aldehydes is 1. The predicted octanol–water partition coefficient (Wildman–Crippen LogP) is 2.31. The number of aryl methyl sites for hydroxylation is 1. The lowest BCUT2D eigenvalue weighted by molar-refractivity contribution is 0.111. The van der Waals surface area contributed by atoms with Crippen molar-refractivity contribution in [2.75, 3.05) is 0 Å². The number of hydrogen-bond donors (Lipinski definition) is 0. The molecule has 3 nitrogen and oxygen atoms in total. The van der Waals surface area contributed by atoms with Crippen LogP contribution < -0.4 is 0 Å². The molecule has 3 aromatic heterocycles. The minimum Gasteiger partial charge on any atom is -0.320 e. The van der Waals surface area contributed by atoms with E-state index in [1.807, 2.05) is 28.9 Å². The summed E-state index contributed by atoms with van der Waals surface area (Å²) in [5.74, 6) is 0. The second kappa shape index (κ2) is 2.73. The lowest BCUT2D eigenvalue weighted by Gasteiger charge is -1.99. The van der Waals surface area contributed by atoms with Gasteiger partial charge in [-0.2, -0.15) is 0 Å². The highest BCUT2D eigenvalue weighted by atomic mass is 16.1. The number of nitrogens with zero attached hydrogens (tertiary/aromatic N) is 2. The molecule has 3 rings (SSSR count). The molecule has 0 aliphatic rings. The highest BCUT2D eigenvalue weighted by Crippen LogP contribution is 2.18. The average Bonchev–Trinajstić information content (AvgIpc) is 2.78. The minimum absolute atomic E-state index is 0.686. The van der Waals surface area contributed by atoms with Gasteiger partial charge in [-0.05, 0) is 30.7 Å². The molecule has 0 aliphatic heterocycles. The Bertz CT molecular complexity index is 661. The predicted molar refractivity (Wildman–Crippen MR) is 58.5 cm³/mol. The first-order chi connectivity index (χ1) is 7.29. The Kier molecular flexibility index (Phi) is 1.51. The number of aromatic nitrogens is 2. The van der Waals surface area contributed by atoms with E-state index < -0.39 is 0 Å². The largest absolute Gasteiger partial charge is 0.320 e. The van der Waals surface area contributed by atoms with Crippen molar-refractivity contribution < 1.29 is 4.79 Å². The molecule has 3 heterocycles. The summed E-state index contributed by atoms with van der Waals surface area (Å²) < 4.78 is 3.97. The van der Waals surface area contributed by atoms with E-state index >= 15 is 0 Å². The molecule has 0 fully saturated rings. The summed E-state index contributed by atoms with van der Waals surface area (Å²) >= 11 is 0. The van der Waals surface area contributed by atoms with Crippen LogP contribution in [0.5, 0.6) is 0 Å². The Hall–Kier alpha value is -2.03. The lowest BCUT2D eigenvalue weighted by Crippen LogP contribution is -1.92. The van der Waals surface area contributed by atoms with Gasteiger partial charge in [-0.25, -0.2) is 0 Å². The molecule has 0 aliphatic carbocycles. The normalized spacial score (nSPS) is 11.3. The molecule has 0 saturated heterocycles. The first-order valence-electron chi connectivity index (χ1n) is 4.83. The van der Waals surface area contributed by atoms with E-state index in [0.717, 1.165) is 17.3 Å². The summed E-state index contributed by atoms with van der Waals surface area (Å²) in [6.45, 7) is 2.06. The van der Waals surface area contributed by atoms with Gasteiger partial charge in [0.05, 0.1) is 16.7 Å². The Morgan fingerprint density at radius 3 is 2.87 bits per heavy atom. The fourth-order valence-corrected chi connectivity index (χ4v) is 2.02. The summed E-state index contributed by atoms with van der Waals surface area (Å²) in [6, 6.07) is 5.92. The maximum absolute atomic E-state index is 10.8. The Morgan fingerprint density at radius 1 is 1.20 bits per heavy atom. The third-order valence-corrected chi connectivity index (χ3v) is 2.69. The van der Waals surface area contributed by atoms with Crippen LogP contribution in [-0.4, -0.2) is 15.1 Å². The number of hydrogen-bond acceptors (Lipinski definition) is 1. The van der Waals surface area contributed by atoms with E-state index in [9.17, 15) is 4.79 Å². The summed E-state index contributed by atoms with van der Waals surface area (Å²) in [4.78, 5) is 10.8. The van der Waals surface area contributed by atoms with Crippen molar-refractivity contribution >= 4 is 17.3 Å². The molecule has 3 heteroatoms. The number of carbonyl (C=O) groups excluding carboxylic acids is 1. The Labute approximate surface area is 86.6 Å². The van der Waals surface area contributed by atoms with Crippen LogP contribution in [0.2, 0.25) is 0 Å². The maximum atomic E-state index is 10.8. The van der Waals surface area contributed by atoms with Gasteiger partial charge in [0.2, 0.25) is 0 Å². The first-order valence-corrected chi connectivity index (χ1v) is 4.83. The van der Waals surface area contributed by atoms with E-state index in [0.29, 0.717) is 5.69 Å². The van der Waals surface area contributed by atoms with Gasteiger partial charge in [0.25, 0.3) is 0 Å². The van der Waals surface area contributed by atoms with Crippen LogP contribution >= 0.6 is 0 Å². The molecule has 0 spiro atoms. The van der Waals surface area contributed by atoms with Gasteiger partial charge in [0.1, 0.15) is 0 Å². The van der Waals surface area contributed by atoms with E-state index in [4.69, 9.17) is 0 Å². The standard InChI is InChI=1S/C12H10N2O/c1-9-6-12-11-3-2-10(8-15)14(11)5-4-13(12)7-9/h2-8H,1H3. The Balaban J connectivity index is 2.54. The molecule has 0 N–H and O–H groups in total. The quantitative estimate of drug-likeness (QED) is 0.551. The summed E-state index contributed by atoms with van der Waals surface area (Å²) in [7, 11) is 0. The van der Waals surface area contributed by atoms with E-state index in [1.54, 1.807) is 0 Å². The van der Waals surface area contributed by atoms with Crippen molar-refractivity contribution in [3.63, 3.8) is 0 Å². The SMILES string of the molecule is Cc1cc2c3ccc(C=O)n3ccn2c1. The third-order valence-electron chi connectivity index (χ3n) is 2.69. The molecular formula is C12H10N2O. The third kappa shape index (κ3) is 1.03. The Morgan fingerprint density at radius 2 is 2.07 bits per heavy atom. The van der Waals surface area contributed by atoms with Crippen LogP contribution in [0.3, 0.4) is 0 Å². The van der Waals surface area contributed by atoms with Crippen molar-refractivity contribution in [2.45, 2.75) is 6.92 Å². The van der Waals surface area contributed by atoms with Crippen molar-refractivity contribution in [1.82, 2.24) is 8.80 Å². The molecule has 0 unspecified atom stereocenters. The molecule has 15 heavy (non-hydrogen) atoms. The molecule has 0 radical (unpaired) electrons. The van der Waals surface area contributed by atoms with Crippen LogP contribution in [0.1, 0.15) is 16.1 Å². The fraction of sp³-hybridized carbons (Fsp3) is 0.0833. The van der Waals surface area contributed by atoms with Crippen molar-refractivity contribution in [3.8, 4) is 0 Å². The zero-order valence-corrected chi connectivity index (χ0v) is 8.34. The zero-order valence-electron chi connectivity index (χ0n) is 8.34. The van der Waals surface area contributed by atoms with Crippen molar-refractivity contribution in [2.24, 2.45) is 0 Å². The van der Waals surface area contributed by atoms with Crippen LogP contribution in [-0.2, 0) is 0 Å². The van der Waals surface area contributed by atoms with Crippen LogP contribution in [0.15, 0.2) is 36.8 Å². The second-order valence-corrected chi connectivity index (χ2v) is 3.74. The summed E-state index contributed by atoms with van der Waals surface area (Å²) in [6.07, 6.45) is 6.82. The monoisotopic (exact) mass is 198 g/mol. The molecule has 0 aromatic carbocycles. The number of fused-ring (bicyclic) bond motifs is 3. The lowest BCUT2D eigenvalue weighted by atomic mass is 10.3. The fourth-order valence-electron chi connectivity index (χ4n) is 2.02. The average molecular weight is 198 g/mol. The van der Waals surface area contributed by atoms with Gasteiger partial charge in [0.15, 0.2) is 6.29 Å². The summed E-state index contributed by atoms with van der Waals surface area (Å²) in [5, 5.41) is 0.